The molecule has 8 heteroatoms. The standard InChI is InChI=1S/C9H11NO2.C5H4N2O2.ClH/c1-2-12-9(11)7-5-3-4-6-8(7)10;8-7(9)5-2-1-3-6-4-5;/h3-6H,2,10H2,1H3;1-4H;1H. The first-order valence-electron chi connectivity index (χ1n) is 6.12. The van der Waals surface area contributed by atoms with Crippen molar-refractivity contribution in [3.05, 3.63) is 64.5 Å². The van der Waals surface area contributed by atoms with Crippen LogP contribution in [0.2, 0.25) is 0 Å². The monoisotopic (exact) mass is 325 g/mol. The Kier molecular flexibility index (Phi) is 8.89. The molecule has 2 aromatic rings. The number of halogens is 1. The number of nitrogen functional groups attached to an aromatic ring is 1. The van der Waals surface area contributed by atoms with Gasteiger partial charge in [0.1, 0.15) is 6.20 Å². The summed E-state index contributed by atoms with van der Waals surface area (Å²) in [6.45, 7) is 2.13. The lowest BCUT2D eigenvalue weighted by Gasteiger charge is -2.03. The summed E-state index contributed by atoms with van der Waals surface area (Å²) in [7, 11) is 0. The summed E-state index contributed by atoms with van der Waals surface area (Å²) in [5.41, 5.74) is 6.46. The Morgan fingerprint density at radius 3 is 2.45 bits per heavy atom. The number of aromatic nitrogens is 1. The van der Waals surface area contributed by atoms with Crippen molar-refractivity contribution in [3.63, 3.8) is 0 Å². The molecule has 0 aliphatic carbocycles. The summed E-state index contributed by atoms with van der Waals surface area (Å²) in [5.74, 6) is -0.365. The van der Waals surface area contributed by atoms with E-state index in [1.165, 1.54) is 24.5 Å². The molecule has 0 radical (unpaired) electrons. The first-order valence-corrected chi connectivity index (χ1v) is 6.12. The molecule has 0 saturated heterocycles. The van der Waals surface area contributed by atoms with Gasteiger partial charge in [-0.15, -0.1) is 12.4 Å². The van der Waals surface area contributed by atoms with Gasteiger partial charge >= 0.3 is 5.97 Å². The second kappa shape index (κ2) is 10.1. The molecular weight excluding hydrogens is 310 g/mol. The molecule has 0 unspecified atom stereocenters. The number of rotatable bonds is 3. The van der Waals surface area contributed by atoms with Gasteiger partial charge in [0, 0.05) is 18.0 Å². The Morgan fingerprint density at radius 1 is 1.32 bits per heavy atom. The van der Waals surface area contributed by atoms with E-state index in [0.717, 1.165) is 0 Å². The lowest BCUT2D eigenvalue weighted by atomic mass is 10.2. The van der Waals surface area contributed by atoms with E-state index in [2.05, 4.69) is 4.98 Å². The molecule has 0 saturated carbocycles. The Hall–Kier alpha value is -2.67. The van der Waals surface area contributed by atoms with Gasteiger partial charge < -0.3 is 10.5 Å². The van der Waals surface area contributed by atoms with Crippen LogP contribution in [-0.2, 0) is 4.74 Å². The van der Waals surface area contributed by atoms with Crippen LogP contribution >= 0.6 is 12.4 Å². The van der Waals surface area contributed by atoms with E-state index < -0.39 is 4.92 Å². The van der Waals surface area contributed by atoms with Crippen molar-refractivity contribution in [1.29, 1.82) is 0 Å². The number of carbonyl (C=O) groups excluding carboxylic acids is 1. The van der Waals surface area contributed by atoms with Crippen molar-refractivity contribution in [2.24, 2.45) is 0 Å². The average molecular weight is 326 g/mol. The lowest BCUT2D eigenvalue weighted by Crippen LogP contribution is -2.07. The molecule has 2 N–H and O–H groups in total. The second-order valence-corrected chi connectivity index (χ2v) is 3.78. The van der Waals surface area contributed by atoms with Crippen molar-refractivity contribution in [2.75, 3.05) is 12.3 Å². The van der Waals surface area contributed by atoms with Gasteiger partial charge in [-0.1, -0.05) is 12.1 Å². The molecule has 0 spiro atoms. The van der Waals surface area contributed by atoms with E-state index in [9.17, 15) is 14.9 Å². The third kappa shape index (κ3) is 6.19. The average Bonchev–Trinajstić information content (AvgIpc) is 2.49. The van der Waals surface area contributed by atoms with Crippen LogP contribution < -0.4 is 5.73 Å². The normalized spacial score (nSPS) is 8.77. The molecule has 1 heterocycles. The minimum atomic E-state index is -0.479. The minimum absolute atomic E-state index is 0. The van der Waals surface area contributed by atoms with Crippen LogP contribution in [-0.4, -0.2) is 22.5 Å². The van der Waals surface area contributed by atoms with Gasteiger partial charge in [-0.2, -0.15) is 0 Å². The summed E-state index contributed by atoms with van der Waals surface area (Å²) in [6.07, 6.45) is 2.70. The number of ether oxygens (including phenoxy) is 1. The zero-order valence-corrected chi connectivity index (χ0v) is 12.7. The number of anilines is 1. The zero-order chi connectivity index (χ0) is 15.7. The van der Waals surface area contributed by atoms with Gasteiger partial charge in [-0.05, 0) is 25.1 Å². The Morgan fingerprint density at radius 2 is 2.00 bits per heavy atom. The maximum absolute atomic E-state index is 11.2. The molecule has 0 bridgehead atoms. The maximum atomic E-state index is 11.2. The maximum Gasteiger partial charge on any atom is 0.340 e. The molecule has 0 aliphatic heterocycles. The number of para-hydroxylation sites is 1. The number of esters is 1. The van der Waals surface area contributed by atoms with Gasteiger partial charge in [0.25, 0.3) is 5.69 Å². The van der Waals surface area contributed by atoms with Crippen molar-refractivity contribution < 1.29 is 14.5 Å². The van der Waals surface area contributed by atoms with Crippen molar-refractivity contribution in [1.82, 2.24) is 4.98 Å². The molecule has 0 amide bonds. The van der Waals surface area contributed by atoms with E-state index >= 15 is 0 Å². The molecular formula is C14H16ClN3O4. The molecule has 1 aromatic carbocycles. The largest absolute Gasteiger partial charge is 0.462 e. The fourth-order valence-electron chi connectivity index (χ4n) is 1.35. The van der Waals surface area contributed by atoms with Crippen LogP contribution in [0.25, 0.3) is 0 Å². The van der Waals surface area contributed by atoms with Crippen molar-refractivity contribution in [3.8, 4) is 0 Å². The third-order valence-electron chi connectivity index (χ3n) is 2.31. The quantitative estimate of drug-likeness (QED) is 0.402. The summed E-state index contributed by atoms with van der Waals surface area (Å²) in [4.78, 5) is 24.2. The number of hydrogen-bond acceptors (Lipinski definition) is 6. The number of nitro groups is 1. The van der Waals surface area contributed by atoms with Crippen LogP contribution in [0.3, 0.4) is 0 Å². The summed E-state index contributed by atoms with van der Waals surface area (Å²) >= 11 is 0. The van der Waals surface area contributed by atoms with Crippen LogP contribution in [0.5, 0.6) is 0 Å². The summed E-state index contributed by atoms with van der Waals surface area (Å²) in [5, 5.41) is 9.97. The zero-order valence-electron chi connectivity index (χ0n) is 11.8. The molecule has 0 aliphatic rings. The summed E-state index contributed by atoms with van der Waals surface area (Å²) < 4.78 is 4.79. The van der Waals surface area contributed by atoms with Gasteiger partial charge in [0.05, 0.1) is 17.1 Å². The van der Waals surface area contributed by atoms with E-state index in [1.54, 1.807) is 31.2 Å². The molecule has 22 heavy (non-hydrogen) atoms. The highest BCUT2D eigenvalue weighted by molar-refractivity contribution is 5.94. The van der Waals surface area contributed by atoms with Crippen LogP contribution in [0, 0.1) is 10.1 Å². The second-order valence-electron chi connectivity index (χ2n) is 3.78. The van der Waals surface area contributed by atoms with Gasteiger partial charge in [-0.25, -0.2) is 4.79 Å². The Balaban J connectivity index is 0.000000397. The number of benzene rings is 1. The minimum Gasteiger partial charge on any atom is -0.462 e. The molecule has 7 nitrogen and oxygen atoms in total. The number of pyridine rings is 1. The predicted octanol–water partition coefficient (Wildman–Crippen LogP) is 2.86. The molecule has 2 rings (SSSR count). The SMILES string of the molecule is CCOC(=O)c1ccccc1N.Cl.O=[N+]([O-])c1cccnc1. The highest BCUT2D eigenvalue weighted by Gasteiger charge is 2.08. The van der Waals surface area contributed by atoms with Gasteiger partial charge in [0.15, 0.2) is 0 Å². The first kappa shape index (κ1) is 19.3. The predicted molar refractivity (Wildman–Crippen MR) is 85.0 cm³/mol. The van der Waals surface area contributed by atoms with E-state index in [0.29, 0.717) is 17.9 Å². The molecule has 118 valence electrons. The van der Waals surface area contributed by atoms with Crippen LogP contribution in [0.1, 0.15) is 17.3 Å². The Labute approximate surface area is 133 Å². The van der Waals surface area contributed by atoms with E-state index in [-0.39, 0.29) is 24.1 Å². The van der Waals surface area contributed by atoms with Crippen LogP contribution in [0.15, 0.2) is 48.8 Å². The van der Waals surface area contributed by atoms with Crippen molar-refractivity contribution in [2.45, 2.75) is 6.92 Å². The topological polar surface area (TPSA) is 108 Å². The van der Waals surface area contributed by atoms with E-state index in [4.69, 9.17) is 10.5 Å². The van der Waals surface area contributed by atoms with E-state index in [1.807, 2.05) is 0 Å². The molecule has 0 atom stereocenters. The molecule has 1 aromatic heterocycles. The Bertz CT molecular complexity index is 608. The highest BCUT2D eigenvalue weighted by atomic mass is 35.5. The van der Waals surface area contributed by atoms with Gasteiger partial charge in [-0.3, -0.25) is 15.1 Å². The van der Waals surface area contributed by atoms with Crippen molar-refractivity contribution >= 4 is 29.8 Å². The number of nitrogens with zero attached hydrogens (tertiary/aromatic N) is 2. The smallest absolute Gasteiger partial charge is 0.340 e. The fraction of sp³-hybridized carbons (Fsp3) is 0.143. The molecule has 0 fully saturated rings. The summed E-state index contributed by atoms with van der Waals surface area (Å²) in [6, 6.07) is 9.77. The highest BCUT2D eigenvalue weighted by Crippen LogP contribution is 2.11. The van der Waals surface area contributed by atoms with Gasteiger partial charge in [0.2, 0.25) is 0 Å². The fourth-order valence-corrected chi connectivity index (χ4v) is 1.35. The first-order chi connectivity index (χ1) is 10.1. The third-order valence-corrected chi connectivity index (χ3v) is 2.31. The number of hydrogen-bond donors (Lipinski definition) is 1. The number of nitrogens with two attached hydrogens (primary N) is 1. The van der Waals surface area contributed by atoms with Crippen LogP contribution in [0.4, 0.5) is 11.4 Å². The number of carbonyl (C=O) groups is 1. The lowest BCUT2D eigenvalue weighted by molar-refractivity contribution is -0.385.